The highest BCUT2D eigenvalue weighted by Gasteiger charge is 2.26. The summed E-state index contributed by atoms with van der Waals surface area (Å²) in [5.41, 5.74) is 3.36. The minimum atomic E-state index is -3.61. The van der Waals surface area contributed by atoms with Gasteiger partial charge in [-0.1, -0.05) is 62.4 Å². The molecule has 27 heavy (non-hydrogen) atoms. The molecule has 6 heteroatoms. The molecule has 0 aliphatic rings. The summed E-state index contributed by atoms with van der Waals surface area (Å²) in [5, 5.41) is 0. The quantitative estimate of drug-likeness (QED) is 0.729. The van der Waals surface area contributed by atoms with Crippen molar-refractivity contribution in [3.8, 4) is 0 Å². The Morgan fingerprint density at radius 3 is 2.22 bits per heavy atom. The molecule has 0 radical (unpaired) electrons. The van der Waals surface area contributed by atoms with E-state index in [1.807, 2.05) is 69.3 Å². The van der Waals surface area contributed by atoms with Crippen LogP contribution in [-0.2, 0) is 21.4 Å². The summed E-state index contributed by atoms with van der Waals surface area (Å²) in [6.45, 7) is 6.12. The third-order valence-corrected chi connectivity index (χ3v) is 5.62. The van der Waals surface area contributed by atoms with Crippen LogP contribution < -0.4 is 4.31 Å². The molecule has 0 atom stereocenters. The van der Waals surface area contributed by atoms with E-state index in [-0.39, 0.29) is 18.4 Å². The molecule has 0 saturated heterocycles. The van der Waals surface area contributed by atoms with Crippen LogP contribution in [0, 0.1) is 6.92 Å². The van der Waals surface area contributed by atoms with Crippen LogP contribution >= 0.6 is 0 Å². The second kappa shape index (κ2) is 8.57. The zero-order valence-corrected chi connectivity index (χ0v) is 17.5. The SMILES string of the molecule is Cc1cccc(C(C)C)c1N(CC(=O)N(C)Cc1ccccc1)S(C)(=O)=O. The van der Waals surface area contributed by atoms with E-state index in [9.17, 15) is 13.2 Å². The number of aryl methyl sites for hydroxylation is 1. The van der Waals surface area contributed by atoms with Crippen molar-refractivity contribution < 1.29 is 13.2 Å². The minimum absolute atomic E-state index is 0.140. The lowest BCUT2D eigenvalue weighted by atomic mass is 9.98. The fraction of sp³-hybridized carbons (Fsp3) is 0.381. The molecule has 2 rings (SSSR count). The van der Waals surface area contributed by atoms with Crippen molar-refractivity contribution in [1.29, 1.82) is 0 Å². The molecule has 0 aliphatic carbocycles. The maximum absolute atomic E-state index is 12.8. The van der Waals surface area contributed by atoms with Gasteiger partial charge in [-0.15, -0.1) is 0 Å². The fourth-order valence-corrected chi connectivity index (χ4v) is 3.97. The number of rotatable bonds is 7. The van der Waals surface area contributed by atoms with E-state index < -0.39 is 10.0 Å². The van der Waals surface area contributed by atoms with Crippen molar-refractivity contribution in [3.05, 3.63) is 65.2 Å². The number of para-hydroxylation sites is 1. The Morgan fingerprint density at radius 1 is 1.04 bits per heavy atom. The molecule has 1 amide bonds. The van der Waals surface area contributed by atoms with Gasteiger partial charge < -0.3 is 4.90 Å². The van der Waals surface area contributed by atoms with E-state index in [2.05, 4.69) is 0 Å². The van der Waals surface area contributed by atoms with Crippen LogP contribution in [0.25, 0.3) is 0 Å². The van der Waals surface area contributed by atoms with Crippen molar-refractivity contribution in [2.75, 3.05) is 24.2 Å². The Hall–Kier alpha value is -2.34. The Kier molecular flexibility index (Phi) is 6.65. The van der Waals surface area contributed by atoms with E-state index in [4.69, 9.17) is 0 Å². The van der Waals surface area contributed by atoms with Crippen LogP contribution in [0.4, 0.5) is 5.69 Å². The molecule has 0 spiro atoms. The maximum atomic E-state index is 12.8. The van der Waals surface area contributed by atoms with Crippen molar-refractivity contribution in [2.45, 2.75) is 33.2 Å². The highest BCUT2D eigenvalue weighted by Crippen LogP contribution is 2.32. The number of likely N-dealkylation sites (N-methyl/N-ethyl adjacent to an activating group) is 1. The first-order valence-corrected chi connectivity index (χ1v) is 10.8. The topological polar surface area (TPSA) is 57.7 Å². The van der Waals surface area contributed by atoms with Gasteiger partial charge in [-0.05, 0) is 29.5 Å². The van der Waals surface area contributed by atoms with Crippen LogP contribution in [0.2, 0.25) is 0 Å². The van der Waals surface area contributed by atoms with Crippen LogP contribution in [0.5, 0.6) is 0 Å². The van der Waals surface area contributed by atoms with Crippen LogP contribution in [0.15, 0.2) is 48.5 Å². The van der Waals surface area contributed by atoms with Crippen LogP contribution in [-0.4, -0.2) is 39.1 Å². The van der Waals surface area contributed by atoms with Gasteiger partial charge >= 0.3 is 0 Å². The second-order valence-corrected chi connectivity index (χ2v) is 9.08. The van der Waals surface area contributed by atoms with Crippen LogP contribution in [0.1, 0.15) is 36.5 Å². The molecular weight excluding hydrogens is 360 g/mol. The highest BCUT2D eigenvalue weighted by molar-refractivity contribution is 7.92. The molecule has 2 aromatic carbocycles. The Labute approximate surface area is 162 Å². The van der Waals surface area contributed by atoms with E-state index in [0.717, 1.165) is 22.9 Å². The lowest BCUT2D eigenvalue weighted by molar-refractivity contribution is -0.128. The van der Waals surface area contributed by atoms with Gasteiger partial charge in [-0.25, -0.2) is 8.42 Å². The van der Waals surface area contributed by atoms with Crippen molar-refractivity contribution in [1.82, 2.24) is 4.90 Å². The van der Waals surface area contributed by atoms with Gasteiger partial charge in [0, 0.05) is 13.6 Å². The molecule has 0 unspecified atom stereocenters. The Bertz CT molecular complexity index is 893. The average molecular weight is 389 g/mol. The number of benzene rings is 2. The van der Waals surface area contributed by atoms with Crippen molar-refractivity contribution in [3.63, 3.8) is 0 Å². The van der Waals surface area contributed by atoms with E-state index in [0.29, 0.717) is 12.2 Å². The summed E-state index contributed by atoms with van der Waals surface area (Å²) in [7, 11) is -1.92. The molecule has 0 heterocycles. The summed E-state index contributed by atoms with van der Waals surface area (Å²) in [5.74, 6) is -0.108. The molecule has 0 aromatic heterocycles. The summed E-state index contributed by atoms with van der Waals surface area (Å²) in [4.78, 5) is 14.3. The third-order valence-electron chi connectivity index (χ3n) is 4.51. The maximum Gasteiger partial charge on any atom is 0.243 e. The van der Waals surface area contributed by atoms with Gasteiger partial charge in [-0.3, -0.25) is 9.10 Å². The normalized spacial score (nSPS) is 11.5. The summed E-state index contributed by atoms with van der Waals surface area (Å²) in [6.07, 6.45) is 1.15. The molecule has 146 valence electrons. The standard InChI is InChI=1S/C21H28N2O3S/c1-16(2)19-13-9-10-17(3)21(19)23(27(5,25)26)15-20(24)22(4)14-18-11-7-6-8-12-18/h6-13,16H,14-15H2,1-5H3. The number of amides is 1. The summed E-state index contributed by atoms with van der Waals surface area (Å²) < 4.78 is 26.3. The number of nitrogens with zero attached hydrogens (tertiary/aromatic N) is 2. The fourth-order valence-electron chi connectivity index (χ4n) is 3.04. The zero-order valence-electron chi connectivity index (χ0n) is 16.6. The smallest absolute Gasteiger partial charge is 0.243 e. The van der Waals surface area contributed by atoms with Gasteiger partial charge in [0.25, 0.3) is 0 Å². The van der Waals surface area contributed by atoms with Gasteiger partial charge in [0.1, 0.15) is 6.54 Å². The summed E-state index contributed by atoms with van der Waals surface area (Å²) >= 11 is 0. The predicted octanol–water partition coefficient (Wildman–Crippen LogP) is 3.54. The van der Waals surface area contributed by atoms with Gasteiger partial charge in [-0.2, -0.15) is 0 Å². The van der Waals surface area contributed by atoms with Gasteiger partial charge in [0.15, 0.2) is 0 Å². The number of hydrogen-bond acceptors (Lipinski definition) is 3. The van der Waals surface area contributed by atoms with Gasteiger partial charge in [0.05, 0.1) is 11.9 Å². The number of sulfonamides is 1. The third kappa shape index (κ3) is 5.32. The summed E-state index contributed by atoms with van der Waals surface area (Å²) in [6, 6.07) is 15.3. The van der Waals surface area contributed by atoms with Crippen molar-refractivity contribution in [2.24, 2.45) is 0 Å². The van der Waals surface area contributed by atoms with E-state index >= 15 is 0 Å². The molecule has 5 nitrogen and oxygen atoms in total. The minimum Gasteiger partial charge on any atom is -0.340 e. The molecule has 0 N–H and O–H groups in total. The number of carbonyl (C=O) groups excluding carboxylic acids is 1. The first-order valence-electron chi connectivity index (χ1n) is 8.96. The average Bonchev–Trinajstić information content (AvgIpc) is 2.59. The largest absolute Gasteiger partial charge is 0.340 e. The van der Waals surface area contributed by atoms with E-state index in [1.165, 1.54) is 4.31 Å². The van der Waals surface area contributed by atoms with Crippen molar-refractivity contribution >= 4 is 21.6 Å². The monoisotopic (exact) mass is 388 g/mol. The Morgan fingerprint density at radius 2 is 1.67 bits per heavy atom. The Balaban J connectivity index is 2.33. The number of anilines is 1. The number of carbonyl (C=O) groups is 1. The highest BCUT2D eigenvalue weighted by atomic mass is 32.2. The van der Waals surface area contributed by atoms with Gasteiger partial charge in [0.2, 0.25) is 15.9 Å². The lowest BCUT2D eigenvalue weighted by Gasteiger charge is -2.29. The molecule has 2 aromatic rings. The number of hydrogen-bond donors (Lipinski definition) is 0. The van der Waals surface area contributed by atoms with Crippen LogP contribution in [0.3, 0.4) is 0 Å². The lowest BCUT2D eigenvalue weighted by Crippen LogP contribution is -2.41. The van der Waals surface area contributed by atoms with E-state index in [1.54, 1.807) is 11.9 Å². The zero-order chi connectivity index (χ0) is 20.2. The molecular formula is C21H28N2O3S. The predicted molar refractivity (Wildman–Crippen MR) is 110 cm³/mol. The second-order valence-electron chi connectivity index (χ2n) is 7.17. The first kappa shape index (κ1) is 21.0. The molecule has 0 fully saturated rings. The first-order chi connectivity index (χ1) is 12.6. The molecule has 0 saturated carbocycles. The molecule has 0 bridgehead atoms. The molecule has 0 aliphatic heterocycles.